The van der Waals surface area contributed by atoms with Gasteiger partial charge in [0.25, 0.3) is 0 Å². The third kappa shape index (κ3) is 2.59. The first-order valence-electron chi connectivity index (χ1n) is 5.34. The summed E-state index contributed by atoms with van der Waals surface area (Å²) in [5.41, 5.74) is 7.74. The Morgan fingerprint density at radius 3 is 2.50 bits per heavy atom. The molecule has 0 aromatic heterocycles. The van der Waals surface area contributed by atoms with Crippen LogP contribution in [0.2, 0.25) is 0 Å². The lowest BCUT2D eigenvalue weighted by molar-refractivity contribution is 0.103. The Morgan fingerprint density at radius 1 is 1.17 bits per heavy atom. The molecule has 92 valence electrons. The summed E-state index contributed by atoms with van der Waals surface area (Å²) in [5, 5.41) is 0. The average Bonchev–Trinajstić information content (AvgIpc) is 2.30. The van der Waals surface area contributed by atoms with Gasteiger partial charge in [0.1, 0.15) is 5.82 Å². The minimum atomic E-state index is -0.409. The molecule has 2 aromatic carbocycles. The van der Waals surface area contributed by atoms with E-state index in [0.29, 0.717) is 26.9 Å². The molecule has 0 bridgehead atoms. The summed E-state index contributed by atoms with van der Waals surface area (Å²) >= 11 is 3.26. The largest absolute Gasteiger partial charge is 0.398 e. The predicted molar refractivity (Wildman–Crippen MR) is 73.1 cm³/mol. The van der Waals surface area contributed by atoms with Crippen LogP contribution in [0.25, 0.3) is 0 Å². The van der Waals surface area contributed by atoms with E-state index in [-0.39, 0.29) is 5.78 Å². The van der Waals surface area contributed by atoms with Crippen LogP contribution >= 0.6 is 15.9 Å². The summed E-state index contributed by atoms with van der Waals surface area (Å²) in [7, 11) is 0. The number of nitrogen functional groups attached to an aromatic ring is 1. The van der Waals surface area contributed by atoms with Gasteiger partial charge in [-0.2, -0.15) is 0 Å². The topological polar surface area (TPSA) is 43.1 Å². The molecule has 0 atom stereocenters. The highest BCUT2D eigenvalue weighted by Crippen LogP contribution is 2.22. The Kier molecular flexibility index (Phi) is 3.48. The fourth-order valence-electron chi connectivity index (χ4n) is 1.70. The SMILES string of the molecule is Cc1cc(F)cc(C(=O)c2ccc(N)c(Br)c2)c1. The lowest BCUT2D eigenvalue weighted by Gasteiger charge is -2.05. The number of aryl methyl sites for hydroxylation is 1. The number of anilines is 1. The molecule has 0 radical (unpaired) electrons. The minimum absolute atomic E-state index is 0.224. The summed E-state index contributed by atoms with van der Waals surface area (Å²) in [6, 6.07) is 9.19. The van der Waals surface area contributed by atoms with Gasteiger partial charge in [-0.05, 0) is 64.8 Å². The molecule has 2 nitrogen and oxygen atoms in total. The molecule has 18 heavy (non-hydrogen) atoms. The van der Waals surface area contributed by atoms with Gasteiger partial charge in [0.2, 0.25) is 0 Å². The van der Waals surface area contributed by atoms with E-state index < -0.39 is 5.82 Å². The average molecular weight is 308 g/mol. The molecule has 0 saturated carbocycles. The molecule has 0 amide bonds. The van der Waals surface area contributed by atoms with Gasteiger partial charge in [0, 0.05) is 21.3 Å². The number of carbonyl (C=O) groups excluding carboxylic acids is 1. The maximum atomic E-state index is 13.3. The molecule has 0 spiro atoms. The van der Waals surface area contributed by atoms with Gasteiger partial charge in [-0.25, -0.2) is 4.39 Å². The lowest BCUT2D eigenvalue weighted by atomic mass is 10.0. The first kappa shape index (κ1) is 12.8. The molecule has 0 fully saturated rings. The Hall–Kier alpha value is -1.68. The highest BCUT2D eigenvalue weighted by Gasteiger charge is 2.11. The van der Waals surface area contributed by atoms with Crippen molar-refractivity contribution in [2.75, 3.05) is 5.73 Å². The van der Waals surface area contributed by atoms with E-state index in [1.165, 1.54) is 12.1 Å². The van der Waals surface area contributed by atoms with Crippen LogP contribution in [0.5, 0.6) is 0 Å². The zero-order chi connectivity index (χ0) is 13.3. The van der Waals surface area contributed by atoms with E-state index in [0.717, 1.165) is 0 Å². The van der Waals surface area contributed by atoms with Crippen molar-refractivity contribution in [2.24, 2.45) is 0 Å². The van der Waals surface area contributed by atoms with Crippen LogP contribution in [0.4, 0.5) is 10.1 Å². The van der Waals surface area contributed by atoms with E-state index in [1.807, 2.05) is 0 Å². The Labute approximate surface area is 113 Å². The fourth-order valence-corrected chi connectivity index (χ4v) is 2.08. The molecule has 0 heterocycles. The standard InChI is InChI=1S/C14H11BrFNO/c1-8-4-10(6-11(16)5-8)14(18)9-2-3-13(17)12(15)7-9/h2-7H,17H2,1H3. The van der Waals surface area contributed by atoms with Crippen LogP contribution in [-0.2, 0) is 0 Å². The molecular weight excluding hydrogens is 297 g/mol. The van der Waals surface area contributed by atoms with E-state index in [9.17, 15) is 9.18 Å². The number of halogens is 2. The fraction of sp³-hybridized carbons (Fsp3) is 0.0714. The number of ketones is 1. The van der Waals surface area contributed by atoms with Crippen LogP contribution < -0.4 is 5.73 Å². The van der Waals surface area contributed by atoms with Crippen LogP contribution in [0, 0.1) is 12.7 Å². The number of hydrogen-bond donors (Lipinski definition) is 1. The lowest BCUT2D eigenvalue weighted by Crippen LogP contribution is -2.03. The van der Waals surface area contributed by atoms with E-state index >= 15 is 0 Å². The Bertz CT molecular complexity index is 605. The van der Waals surface area contributed by atoms with Crippen molar-refractivity contribution in [1.29, 1.82) is 0 Å². The molecule has 0 saturated heterocycles. The van der Waals surface area contributed by atoms with Crippen LogP contribution in [0.1, 0.15) is 21.5 Å². The second kappa shape index (κ2) is 4.90. The van der Waals surface area contributed by atoms with Crippen LogP contribution in [0.15, 0.2) is 40.9 Å². The zero-order valence-corrected chi connectivity index (χ0v) is 11.3. The summed E-state index contributed by atoms with van der Waals surface area (Å²) in [6.07, 6.45) is 0. The third-order valence-corrected chi connectivity index (χ3v) is 3.25. The second-order valence-corrected chi connectivity index (χ2v) is 4.94. The summed E-state index contributed by atoms with van der Waals surface area (Å²) in [4.78, 5) is 12.2. The van der Waals surface area contributed by atoms with Crippen molar-refractivity contribution in [3.8, 4) is 0 Å². The smallest absolute Gasteiger partial charge is 0.193 e. The molecule has 0 unspecified atom stereocenters. The van der Waals surface area contributed by atoms with Crippen molar-refractivity contribution >= 4 is 27.4 Å². The van der Waals surface area contributed by atoms with Gasteiger partial charge < -0.3 is 5.73 Å². The summed E-state index contributed by atoms with van der Waals surface area (Å²) in [6.45, 7) is 1.75. The Morgan fingerprint density at radius 2 is 1.89 bits per heavy atom. The minimum Gasteiger partial charge on any atom is -0.398 e. The maximum Gasteiger partial charge on any atom is 0.193 e. The number of hydrogen-bond acceptors (Lipinski definition) is 2. The van der Waals surface area contributed by atoms with E-state index in [1.54, 1.807) is 31.2 Å². The Balaban J connectivity index is 2.44. The molecule has 0 aliphatic heterocycles. The van der Waals surface area contributed by atoms with Crippen molar-refractivity contribution in [3.63, 3.8) is 0 Å². The predicted octanol–water partition coefficient (Wildman–Crippen LogP) is 3.71. The quantitative estimate of drug-likeness (QED) is 0.679. The molecular formula is C14H11BrFNO. The highest BCUT2D eigenvalue weighted by molar-refractivity contribution is 9.10. The first-order valence-corrected chi connectivity index (χ1v) is 6.13. The maximum absolute atomic E-state index is 13.3. The molecule has 2 aromatic rings. The molecule has 2 rings (SSSR count). The third-order valence-electron chi connectivity index (χ3n) is 2.57. The number of rotatable bonds is 2. The number of carbonyl (C=O) groups is 1. The molecule has 0 aliphatic carbocycles. The van der Waals surface area contributed by atoms with Gasteiger partial charge >= 0.3 is 0 Å². The van der Waals surface area contributed by atoms with Gasteiger partial charge in [-0.3, -0.25) is 4.79 Å². The zero-order valence-electron chi connectivity index (χ0n) is 9.71. The van der Waals surface area contributed by atoms with Gasteiger partial charge in [0.05, 0.1) is 0 Å². The van der Waals surface area contributed by atoms with Crippen molar-refractivity contribution in [2.45, 2.75) is 6.92 Å². The number of benzene rings is 2. The van der Waals surface area contributed by atoms with Crippen LogP contribution in [-0.4, -0.2) is 5.78 Å². The molecule has 0 aliphatic rings. The van der Waals surface area contributed by atoms with Gasteiger partial charge in [-0.1, -0.05) is 0 Å². The molecule has 2 N–H and O–H groups in total. The van der Waals surface area contributed by atoms with Crippen molar-refractivity contribution in [1.82, 2.24) is 0 Å². The monoisotopic (exact) mass is 307 g/mol. The van der Waals surface area contributed by atoms with Crippen molar-refractivity contribution in [3.05, 3.63) is 63.4 Å². The summed E-state index contributed by atoms with van der Waals surface area (Å²) < 4.78 is 13.9. The van der Waals surface area contributed by atoms with Gasteiger partial charge in [0.15, 0.2) is 5.78 Å². The summed E-state index contributed by atoms with van der Waals surface area (Å²) in [5.74, 6) is -0.633. The van der Waals surface area contributed by atoms with E-state index in [4.69, 9.17) is 5.73 Å². The highest BCUT2D eigenvalue weighted by atomic mass is 79.9. The normalized spacial score (nSPS) is 10.4. The van der Waals surface area contributed by atoms with Gasteiger partial charge in [-0.15, -0.1) is 0 Å². The molecule has 4 heteroatoms. The van der Waals surface area contributed by atoms with Crippen molar-refractivity contribution < 1.29 is 9.18 Å². The second-order valence-electron chi connectivity index (χ2n) is 4.08. The van der Waals surface area contributed by atoms with Crippen LogP contribution in [0.3, 0.4) is 0 Å². The van der Waals surface area contributed by atoms with E-state index in [2.05, 4.69) is 15.9 Å². The first-order chi connectivity index (χ1) is 8.47. The number of nitrogens with two attached hydrogens (primary N) is 1.